The summed E-state index contributed by atoms with van der Waals surface area (Å²) in [4.78, 5) is 25.5. The van der Waals surface area contributed by atoms with Gasteiger partial charge in [0.05, 0.1) is 5.69 Å². The maximum atomic E-state index is 13.9. The lowest BCUT2D eigenvalue weighted by molar-refractivity contribution is 0.318. The van der Waals surface area contributed by atoms with E-state index < -0.39 is 11.6 Å². The van der Waals surface area contributed by atoms with Crippen LogP contribution in [0.15, 0.2) is 53.6 Å². The first kappa shape index (κ1) is 17.5. The molecular formula is C20H18F2N4O. The van der Waals surface area contributed by atoms with Crippen LogP contribution in [0.4, 0.5) is 8.78 Å². The Morgan fingerprint density at radius 1 is 1.19 bits per heavy atom. The van der Waals surface area contributed by atoms with Crippen LogP contribution in [0, 0.1) is 11.6 Å². The summed E-state index contributed by atoms with van der Waals surface area (Å²) in [5.41, 5.74) is 1.64. The third kappa shape index (κ3) is 3.78. The lowest BCUT2D eigenvalue weighted by atomic mass is 10.0. The van der Waals surface area contributed by atoms with E-state index in [1.807, 2.05) is 0 Å². The van der Waals surface area contributed by atoms with E-state index in [0.29, 0.717) is 30.2 Å². The molecule has 1 saturated heterocycles. The number of pyridine rings is 1. The minimum absolute atomic E-state index is 0.0736. The predicted octanol–water partition coefficient (Wildman–Crippen LogP) is 3.10. The molecule has 0 saturated carbocycles. The molecule has 1 atom stereocenters. The minimum atomic E-state index is -0.832. The van der Waals surface area contributed by atoms with Gasteiger partial charge in [0.1, 0.15) is 5.82 Å². The molecule has 3 aromatic rings. The van der Waals surface area contributed by atoms with Crippen molar-refractivity contribution in [3.8, 4) is 11.4 Å². The van der Waals surface area contributed by atoms with Crippen LogP contribution in [-0.2, 0) is 6.54 Å². The average Bonchev–Trinajstić information content (AvgIpc) is 3.14. The highest BCUT2D eigenvalue weighted by Crippen LogP contribution is 2.28. The Bertz CT molecular complexity index is 1010. The number of aromatic nitrogens is 3. The summed E-state index contributed by atoms with van der Waals surface area (Å²) >= 11 is 0. The molecule has 0 amide bonds. The molecule has 0 radical (unpaired) electrons. The van der Waals surface area contributed by atoms with Crippen molar-refractivity contribution in [2.24, 2.45) is 0 Å². The number of benzene rings is 1. The second kappa shape index (κ2) is 7.36. The monoisotopic (exact) mass is 368 g/mol. The van der Waals surface area contributed by atoms with Gasteiger partial charge in [-0.25, -0.2) is 13.8 Å². The van der Waals surface area contributed by atoms with Crippen molar-refractivity contribution >= 4 is 0 Å². The molecular weight excluding hydrogens is 350 g/mol. The summed E-state index contributed by atoms with van der Waals surface area (Å²) in [5.74, 6) is -1.05. The number of aromatic amines is 1. The first-order chi connectivity index (χ1) is 13.1. The van der Waals surface area contributed by atoms with E-state index in [4.69, 9.17) is 0 Å². The van der Waals surface area contributed by atoms with E-state index in [0.717, 1.165) is 24.6 Å². The van der Waals surface area contributed by atoms with Gasteiger partial charge in [-0.05, 0) is 31.2 Å². The Labute approximate surface area is 154 Å². The highest BCUT2D eigenvalue weighted by molar-refractivity contribution is 5.53. The number of halogens is 2. The molecule has 1 aromatic carbocycles. The molecule has 27 heavy (non-hydrogen) atoms. The van der Waals surface area contributed by atoms with Crippen LogP contribution < -0.4 is 5.56 Å². The van der Waals surface area contributed by atoms with Crippen molar-refractivity contribution in [3.05, 3.63) is 82.0 Å². The molecule has 0 unspecified atom stereocenters. The maximum Gasteiger partial charge on any atom is 0.251 e. The molecule has 1 aliphatic rings. The summed E-state index contributed by atoms with van der Waals surface area (Å²) in [6.45, 7) is 1.71. The standard InChI is InChI=1S/C20H18F2N4O/c21-16-3-1-2-15(19(16)22)12-26-9-6-14(11-26)17-10-18(27)25-20(24-17)13-4-7-23-8-5-13/h1-5,7-8,10,14H,6,9,11-12H2,(H,24,25,27)/t14-/m1/s1. The van der Waals surface area contributed by atoms with Crippen LogP contribution in [0.1, 0.15) is 23.6 Å². The van der Waals surface area contributed by atoms with E-state index >= 15 is 0 Å². The van der Waals surface area contributed by atoms with Crippen LogP contribution >= 0.6 is 0 Å². The number of likely N-dealkylation sites (tertiary alicyclic amines) is 1. The number of hydrogen-bond donors (Lipinski definition) is 1. The maximum absolute atomic E-state index is 13.9. The van der Waals surface area contributed by atoms with Gasteiger partial charge in [-0.1, -0.05) is 12.1 Å². The summed E-state index contributed by atoms with van der Waals surface area (Å²) < 4.78 is 27.3. The lowest BCUT2D eigenvalue weighted by Gasteiger charge is -2.16. The average molecular weight is 368 g/mol. The van der Waals surface area contributed by atoms with E-state index in [1.54, 1.807) is 30.6 Å². The second-order valence-corrected chi connectivity index (χ2v) is 6.69. The summed E-state index contributed by atoms with van der Waals surface area (Å²) in [7, 11) is 0. The van der Waals surface area contributed by atoms with Gasteiger partial charge >= 0.3 is 0 Å². The van der Waals surface area contributed by atoms with Crippen molar-refractivity contribution in [1.82, 2.24) is 19.9 Å². The molecule has 0 spiro atoms. The molecule has 0 aliphatic carbocycles. The Morgan fingerprint density at radius 3 is 2.81 bits per heavy atom. The number of nitrogens with one attached hydrogen (secondary N) is 1. The molecule has 1 N–H and O–H groups in total. The Balaban J connectivity index is 1.53. The molecule has 4 rings (SSSR count). The second-order valence-electron chi connectivity index (χ2n) is 6.69. The smallest absolute Gasteiger partial charge is 0.251 e. The molecule has 138 valence electrons. The number of rotatable bonds is 4. The molecule has 1 aliphatic heterocycles. The number of H-pyrrole nitrogens is 1. The zero-order valence-corrected chi connectivity index (χ0v) is 14.5. The summed E-state index contributed by atoms with van der Waals surface area (Å²) in [5, 5.41) is 0. The van der Waals surface area contributed by atoms with Gasteiger partial charge in [-0.3, -0.25) is 14.7 Å². The van der Waals surface area contributed by atoms with Crippen LogP contribution in [-0.4, -0.2) is 32.9 Å². The number of nitrogens with zero attached hydrogens (tertiary/aromatic N) is 3. The fourth-order valence-electron chi connectivity index (χ4n) is 3.46. The van der Waals surface area contributed by atoms with Crippen molar-refractivity contribution in [2.75, 3.05) is 13.1 Å². The van der Waals surface area contributed by atoms with Gasteiger partial charge < -0.3 is 4.98 Å². The normalized spacial score (nSPS) is 17.3. The predicted molar refractivity (Wildman–Crippen MR) is 97.1 cm³/mol. The number of hydrogen-bond acceptors (Lipinski definition) is 4. The van der Waals surface area contributed by atoms with Gasteiger partial charge in [-0.15, -0.1) is 0 Å². The first-order valence-electron chi connectivity index (χ1n) is 8.77. The van der Waals surface area contributed by atoms with Crippen molar-refractivity contribution < 1.29 is 8.78 Å². The van der Waals surface area contributed by atoms with Crippen LogP contribution in [0.25, 0.3) is 11.4 Å². The fraction of sp³-hybridized carbons (Fsp3) is 0.250. The minimum Gasteiger partial charge on any atom is -0.307 e. The van der Waals surface area contributed by atoms with Gasteiger partial charge in [0.2, 0.25) is 0 Å². The largest absolute Gasteiger partial charge is 0.307 e. The zero-order valence-electron chi connectivity index (χ0n) is 14.5. The topological polar surface area (TPSA) is 61.9 Å². The van der Waals surface area contributed by atoms with E-state index in [2.05, 4.69) is 19.9 Å². The first-order valence-corrected chi connectivity index (χ1v) is 8.77. The van der Waals surface area contributed by atoms with Crippen LogP contribution in [0.3, 0.4) is 0 Å². The van der Waals surface area contributed by atoms with Gasteiger partial charge in [0, 0.05) is 48.6 Å². The lowest BCUT2D eigenvalue weighted by Crippen LogP contribution is -2.21. The molecule has 5 nitrogen and oxygen atoms in total. The summed E-state index contributed by atoms with van der Waals surface area (Å²) in [6.07, 6.45) is 4.10. The van der Waals surface area contributed by atoms with Gasteiger partial charge in [0.25, 0.3) is 5.56 Å². The molecule has 0 bridgehead atoms. The SMILES string of the molecule is O=c1cc([C@@H]2CCN(Cc3cccc(F)c3F)C2)nc(-c2ccncc2)[nH]1. The Morgan fingerprint density at radius 2 is 2.00 bits per heavy atom. The van der Waals surface area contributed by atoms with E-state index in [9.17, 15) is 13.6 Å². The highest BCUT2D eigenvalue weighted by Gasteiger charge is 2.26. The fourth-order valence-corrected chi connectivity index (χ4v) is 3.46. The molecule has 3 heterocycles. The summed E-state index contributed by atoms with van der Waals surface area (Å²) in [6, 6.07) is 9.32. The Hall–Kier alpha value is -2.93. The zero-order chi connectivity index (χ0) is 18.8. The molecule has 7 heteroatoms. The van der Waals surface area contributed by atoms with E-state index in [1.165, 1.54) is 12.1 Å². The van der Waals surface area contributed by atoms with Crippen molar-refractivity contribution in [1.29, 1.82) is 0 Å². The van der Waals surface area contributed by atoms with Gasteiger partial charge in [0.15, 0.2) is 11.6 Å². The van der Waals surface area contributed by atoms with Crippen molar-refractivity contribution in [2.45, 2.75) is 18.9 Å². The third-order valence-corrected chi connectivity index (χ3v) is 4.83. The van der Waals surface area contributed by atoms with Crippen LogP contribution in [0.2, 0.25) is 0 Å². The molecule has 2 aromatic heterocycles. The highest BCUT2D eigenvalue weighted by atomic mass is 19.2. The van der Waals surface area contributed by atoms with E-state index in [-0.39, 0.29) is 11.5 Å². The van der Waals surface area contributed by atoms with Gasteiger partial charge in [-0.2, -0.15) is 0 Å². The third-order valence-electron chi connectivity index (χ3n) is 4.83. The van der Waals surface area contributed by atoms with Crippen LogP contribution in [0.5, 0.6) is 0 Å². The quantitative estimate of drug-likeness (QED) is 0.769. The van der Waals surface area contributed by atoms with Crippen molar-refractivity contribution in [3.63, 3.8) is 0 Å². The molecule has 1 fully saturated rings. The Kier molecular flexibility index (Phi) is 4.77.